The zero-order chi connectivity index (χ0) is 35.7. The Labute approximate surface area is 289 Å². The van der Waals surface area contributed by atoms with Crippen LogP contribution in [0.4, 0.5) is 13.2 Å². The summed E-state index contributed by atoms with van der Waals surface area (Å²) >= 11 is 0. The lowest BCUT2D eigenvalue weighted by Gasteiger charge is -2.64. The van der Waals surface area contributed by atoms with Crippen LogP contribution in [0.5, 0.6) is 11.5 Å². The monoisotopic (exact) mass is 690 g/mol. The molecule has 2 fully saturated rings. The van der Waals surface area contributed by atoms with Crippen LogP contribution in [0.1, 0.15) is 67.3 Å². The summed E-state index contributed by atoms with van der Waals surface area (Å²) in [5.41, 5.74) is 2.24. The second-order valence-electron chi connectivity index (χ2n) is 13.3. The minimum absolute atomic E-state index is 0.0786. The van der Waals surface area contributed by atoms with Gasteiger partial charge in [-0.1, -0.05) is 48.5 Å². The molecule has 4 aliphatic rings. The van der Waals surface area contributed by atoms with Gasteiger partial charge in [0.1, 0.15) is 11.7 Å². The van der Waals surface area contributed by atoms with Crippen LogP contribution in [0.15, 0.2) is 72.8 Å². The summed E-state index contributed by atoms with van der Waals surface area (Å²) in [6.45, 7) is 4.79. The molecule has 0 radical (unpaired) electrons. The topological polar surface area (TPSA) is 94.2 Å². The molecule has 2 aliphatic carbocycles. The minimum atomic E-state index is -4.36. The summed E-state index contributed by atoms with van der Waals surface area (Å²) in [6.07, 6.45) is 3.36. The van der Waals surface area contributed by atoms with Crippen molar-refractivity contribution in [2.75, 3.05) is 20.1 Å². The van der Waals surface area contributed by atoms with Crippen LogP contribution in [0, 0.1) is 0 Å². The van der Waals surface area contributed by atoms with Crippen molar-refractivity contribution in [2.45, 2.75) is 81.7 Å². The molecule has 2 heterocycles. The van der Waals surface area contributed by atoms with E-state index in [2.05, 4.69) is 40.5 Å². The maximum absolute atomic E-state index is 12.6. The third-order valence-corrected chi connectivity index (χ3v) is 10.4. The molecule has 3 aromatic rings. The molecule has 1 N–H and O–H groups in total. The Hall–Kier alpha value is -4.64. The molecular formula is C39H41F3N2O6. The van der Waals surface area contributed by atoms with Gasteiger partial charge in [-0.05, 0) is 86.0 Å². The van der Waals surface area contributed by atoms with E-state index < -0.39 is 22.8 Å². The molecule has 1 amide bonds. The number of benzene rings is 3. The fourth-order valence-electron chi connectivity index (χ4n) is 8.54. The fourth-order valence-corrected chi connectivity index (χ4v) is 8.54. The van der Waals surface area contributed by atoms with Crippen LogP contribution < -0.4 is 14.8 Å². The Balaban J connectivity index is 0.000000228. The number of hydrogen-bond donors (Lipinski definition) is 1. The summed E-state index contributed by atoms with van der Waals surface area (Å²) in [5.74, 6) is 0.215. The number of halogens is 3. The lowest BCUT2D eigenvalue weighted by molar-refractivity contribution is -0.215. The molecule has 2 aliphatic heterocycles. The first kappa shape index (κ1) is 35.2. The first-order valence-electron chi connectivity index (χ1n) is 16.9. The van der Waals surface area contributed by atoms with Gasteiger partial charge >= 0.3 is 18.1 Å². The molecule has 0 unspecified atom stereocenters. The molecule has 1 saturated carbocycles. The predicted octanol–water partition coefficient (Wildman–Crippen LogP) is 6.43. The molecule has 8 nitrogen and oxygen atoms in total. The van der Waals surface area contributed by atoms with Gasteiger partial charge in [0.25, 0.3) is 0 Å². The van der Waals surface area contributed by atoms with Gasteiger partial charge in [0.15, 0.2) is 11.5 Å². The summed E-state index contributed by atoms with van der Waals surface area (Å²) in [6, 6.07) is 19.4. The predicted molar refractivity (Wildman–Crippen MR) is 181 cm³/mol. The van der Waals surface area contributed by atoms with Gasteiger partial charge < -0.3 is 19.5 Å². The Morgan fingerprint density at radius 1 is 1.02 bits per heavy atom. The highest BCUT2D eigenvalue weighted by Gasteiger charge is 2.73. The number of rotatable bonds is 7. The van der Waals surface area contributed by atoms with Crippen LogP contribution in [-0.2, 0) is 43.6 Å². The Bertz CT molecular complexity index is 1790. The van der Waals surface area contributed by atoms with Crippen molar-refractivity contribution in [3.8, 4) is 11.5 Å². The highest BCUT2D eigenvalue weighted by atomic mass is 19.4. The number of likely N-dealkylation sites (tertiary alicyclic amines) is 1. The van der Waals surface area contributed by atoms with Crippen molar-refractivity contribution in [3.05, 3.63) is 101 Å². The highest BCUT2D eigenvalue weighted by molar-refractivity contribution is 5.91. The normalized spacial score (nSPS) is 24.7. The van der Waals surface area contributed by atoms with E-state index in [1.165, 1.54) is 56.3 Å². The van der Waals surface area contributed by atoms with Crippen LogP contribution >= 0.6 is 0 Å². The molecule has 1 spiro atoms. The van der Waals surface area contributed by atoms with E-state index in [0.29, 0.717) is 17.1 Å². The maximum atomic E-state index is 12.6. The number of piperidine rings is 1. The number of esters is 2. The number of amides is 1. The SMILES string of the molecule is CC(=O)Oc1ccc2c3c1O[C@H]1CCC[C@@]4(OC(C)=O)[C@@H](C2)N(CCc2ccccc2)CC[C@]314.CNC(=O)/C=C/c1cccc(C(F)(F)F)c1. The molecule has 7 rings (SSSR count). The summed E-state index contributed by atoms with van der Waals surface area (Å²) in [5, 5.41) is 2.33. The second-order valence-corrected chi connectivity index (χ2v) is 13.3. The fraction of sp³-hybridized carbons (Fsp3) is 0.410. The van der Waals surface area contributed by atoms with Crippen LogP contribution in [0.3, 0.4) is 0 Å². The number of alkyl halides is 3. The van der Waals surface area contributed by atoms with Crippen LogP contribution in [-0.4, -0.2) is 60.6 Å². The van der Waals surface area contributed by atoms with E-state index in [1.807, 2.05) is 12.1 Å². The Kier molecular flexibility index (Phi) is 9.81. The van der Waals surface area contributed by atoms with E-state index in [1.54, 1.807) is 0 Å². The smallest absolute Gasteiger partial charge is 0.416 e. The van der Waals surface area contributed by atoms with Crippen molar-refractivity contribution in [1.29, 1.82) is 0 Å². The molecule has 264 valence electrons. The Morgan fingerprint density at radius 2 is 1.80 bits per heavy atom. The molecule has 3 aromatic carbocycles. The zero-order valence-corrected chi connectivity index (χ0v) is 28.3. The number of carbonyl (C=O) groups is 3. The maximum Gasteiger partial charge on any atom is 0.416 e. The summed E-state index contributed by atoms with van der Waals surface area (Å²) in [4.78, 5) is 37.8. The van der Waals surface area contributed by atoms with Gasteiger partial charge in [-0.25, -0.2) is 0 Å². The quantitative estimate of drug-likeness (QED) is 0.174. The number of ether oxygens (including phenoxy) is 3. The van der Waals surface area contributed by atoms with Crippen LogP contribution in [0.25, 0.3) is 6.08 Å². The van der Waals surface area contributed by atoms with Gasteiger partial charge in [-0.3, -0.25) is 19.3 Å². The van der Waals surface area contributed by atoms with Gasteiger partial charge in [-0.2, -0.15) is 13.2 Å². The average molecular weight is 691 g/mol. The number of nitrogens with one attached hydrogen (secondary N) is 1. The van der Waals surface area contributed by atoms with E-state index >= 15 is 0 Å². The van der Waals surface area contributed by atoms with Gasteiger partial charge in [-0.15, -0.1) is 0 Å². The van der Waals surface area contributed by atoms with E-state index in [9.17, 15) is 27.6 Å². The van der Waals surface area contributed by atoms with Gasteiger partial charge in [0.2, 0.25) is 5.91 Å². The third kappa shape index (κ3) is 6.51. The molecule has 1 saturated heterocycles. The zero-order valence-electron chi connectivity index (χ0n) is 28.3. The van der Waals surface area contributed by atoms with E-state index in [4.69, 9.17) is 14.2 Å². The number of likely N-dealkylation sites (N-methyl/N-ethyl adjacent to an activating group) is 1. The summed E-state index contributed by atoms with van der Waals surface area (Å²) < 4.78 is 55.6. The number of nitrogens with zero attached hydrogens (tertiary/aromatic N) is 1. The van der Waals surface area contributed by atoms with Crippen LogP contribution in [0.2, 0.25) is 0 Å². The lowest BCUT2D eigenvalue weighted by atomic mass is 9.49. The molecule has 4 atom stereocenters. The second kappa shape index (κ2) is 13.9. The lowest BCUT2D eigenvalue weighted by Crippen LogP contribution is -2.76. The third-order valence-electron chi connectivity index (χ3n) is 10.4. The van der Waals surface area contributed by atoms with Crippen molar-refractivity contribution in [3.63, 3.8) is 0 Å². The van der Waals surface area contributed by atoms with Crippen molar-refractivity contribution < 1.29 is 41.8 Å². The van der Waals surface area contributed by atoms with Crippen molar-refractivity contribution >= 4 is 23.9 Å². The Morgan fingerprint density at radius 3 is 2.50 bits per heavy atom. The standard InChI is InChI=1S/C28H31NO5.C11H10F3NO/c1-18(30)32-22-11-10-21-17-23-28(34-19(2)31)13-6-9-24-27(28,25(21)26(22)33-24)14-16-29(23)15-12-20-7-4-3-5-8-20;1-15-10(16)6-5-8-3-2-4-9(7-8)11(12,13)14/h3-5,7-8,10-11,23-24H,6,9,12-17H2,1-2H3;2-7H,1H3,(H,15,16)/b;6-5+/t23-,24+,27-,28-;/m1./s1. The molecular weight excluding hydrogens is 649 g/mol. The van der Waals surface area contributed by atoms with Crippen molar-refractivity contribution in [2.24, 2.45) is 0 Å². The largest absolute Gasteiger partial charge is 0.485 e. The molecule has 50 heavy (non-hydrogen) atoms. The van der Waals surface area contributed by atoms with Crippen molar-refractivity contribution in [1.82, 2.24) is 10.2 Å². The van der Waals surface area contributed by atoms with E-state index in [0.717, 1.165) is 69.3 Å². The first-order valence-corrected chi connectivity index (χ1v) is 16.9. The van der Waals surface area contributed by atoms with Gasteiger partial charge in [0, 0.05) is 39.1 Å². The van der Waals surface area contributed by atoms with E-state index in [-0.39, 0.29) is 30.0 Å². The summed E-state index contributed by atoms with van der Waals surface area (Å²) in [7, 11) is 1.44. The molecule has 2 bridgehead atoms. The number of carbonyl (C=O) groups excluding carboxylic acids is 3. The minimum Gasteiger partial charge on any atom is -0.485 e. The average Bonchev–Trinajstić information content (AvgIpc) is 3.42. The molecule has 11 heteroatoms. The molecule has 0 aromatic heterocycles. The first-order chi connectivity index (χ1) is 23.9. The van der Waals surface area contributed by atoms with Gasteiger partial charge in [0.05, 0.1) is 17.0 Å². The highest BCUT2D eigenvalue weighted by Crippen LogP contribution is 2.66. The number of hydrogen-bond acceptors (Lipinski definition) is 7.